The van der Waals surface area contributed by atoms with E-state index in [2.05, 4.69) is 36.8 Å². The van der Waals surface area contributed by atoms with Gasteiger partial charge in [0.25, 0.3) is 0 Å². The maximum absolute atomic E-state index is 13.0. The standard InChI is InChI=1S/C13H12Br2FNS/c14-7-13(8-15,5-12-6-17-9-18-12)10-1-3-11(16)4-2-10/h1-4,6,9H,5,7-8H2. The van der Waals surface area contributed by atoms with E-state index in [1.165, 1.54) is 17.0 Å². The molecule has 1 aromatic heterocycles. The molecular formula is C13H12Br2FNS. The Bertz CT molecular complexity index is 480. The minimum Gasteiger partial charge on any atom is -0.253 e. The van der Waals surface area contributed by atoms with Crippen LogP contribution in [0.5, 0.6) is 0 Å². The van der Waals surface area contributed by atoms with Crippen molar-refractivity contribution in [2.45, 2.75) is 11.8 Å². The van der Waals surface area contributed by atoms with Gasteiger partial charge in [-0.1, -0.05) is 44.0 Å². The van der Waals surface area contributed by atoms with Crippen molar-refractivity contribution in [3.63, 3.8) is 0 Å². The lowest BCUT2D eigenvalue weighted by Gasteiger charge is -2.30. The zero-order valence-electron chi connectivity index (χ0n) is 9.57. The van der Waals surface area contributed by atoms with Gasteiger partial charge in [0.2, 0.25) is 0 Å². The highest BCUT2D eigenvalue weighted by molar-refractivity contribution is 9.09. The van der Waals surface area contributed by atoms with Crippen LogP contribution in [0.2, 0.25) is 0 Å². The van der Waals surface area contributed by atoms with Crippen LogP contribution in [0.3, 0.4) is 0 Å². The van der Waals surface area contributed by atoms with E-state index >= 15 is 0 Å². The summed E-state index contributed by atoms with van der Waals surface area (Å²) < 4.78 is 13.0. The number of nitrogens with zero attached hydrogens (tertiary/aromatic N) is 1. The summed E-state index contributed by atoms with van der Waals surface area (Å²) in [5.41, 5.74) is 2.90. The molecule has 1 nitrogen and oxygen atoms in total. The molecule has 0 amide bonds. The zero-order chi connectivity index (χ0) is 13.0. The molecule has 2 rings (SSSR count). The van der Waals surface area contributed by atoms with Crippen LogP contribution in [0.1, 0.15) is 10.4 Å². The normalized spacial score (nSPS) is 11.7. The van der Waals surface area contributed by atoms with Crippen LogP contribution in [0.15, 0.2) is 36.0 Å². The molecule has 96 valence electrons. The van der Waals surface area contributed by atoms with Crippen LogP contribution >= 0.6 is 43.2 Å². The number of hydrogen-bond donors (Lipinski definition) is 0. The Morgan fingerprint density at radius 3 is 2.33 bits per heavy atom. The van der Waals surface area contributed by atoms with E-state index in [0.29, 0.717) is 0 Å². The average molecular weight is 393 g/mol. The fourth-order valence-corrected chi connectivity index (χ4v) is 4.56. The van der Waals surface area contributed by atoms with Gasteiger partial charge in [-0.25, -0.2) is 4.39 Å². The molecular weight excluding hydrogens is 381 g/mol. The first-order chi connectivity index (χ1) is 8.70. The molecule has 0 aliphatic rings. The molecule has 1 aromatic carbocycles. The van der Waals surface area contributed by atoms with E-state index in [4.69, 9.17) is 0 Å². The molecule has 1 heterocycles. The first-order valence-corrected chi connectivity index (χ1v) is 8.58. The van der Waals surface area contributed by atoms with Crippen molar-refractivity contribution in [2.75, 3.05) is 10.7 Å². The van der Waals surface area contributed by atoms with E-state index in [1.54, 1.807) is 11.3 Å². The predicted molar refractivity (Wildman–Crippen MR) is 81.5 cm³/mol. The van der Waals surface area contributed by atoms with E-state index < -0.39 is 0 Å². The van der Waals surface area contributed by atoms with E-state index in [0.717, 1.165) is 22.6 Å². The van der Waals surface area contributed by atoms with E-state index in [9.17, 15) is 4.39 Å². The predicted octanol–water partition coefficient (Wildman–Crippen LogP) is 4.55. The van der Waals surface area contributed by atoms with Crippen molar-refractivity contribution in [1.82, 2.24) is 4.98 Å². The minimum absolute atomic E-state index is 0.0692. The molecule has 0 aliphatic heterocycles. The second-order valence-corrected chi connectivity index (χ2v) is 6.29. The molecule has 0 radical (unpaired) electrons. The molecule has 0 unspecified atom stereocenters. The van der Waals surface area contributed by atoms with Crippen LogP contribution in [0, 0.1) is 5.82 Å². The third kappa shape index (κ3) is 3.00. The summed E-state index contributed by atoms with van der Waals surface area (Å²) >= 11 is 8.84. The summed E-state index contributed by atoms with van der Waals surface area (Å²) in [6.07, 6.45) is 2.79. The second kappa shape index (κ2) is 6.26. The Balaban J connectivity index is 2.33. The first kappa shape index (κ1) is 14.2. The van der Waals surface area contributed by atoms with Crippen LogP contribution in [-0.2, 0) is 11.8 Å². The molecule has 0 spiro atoms. The number of halogens is 3. The highest BCUT2D eigenvalue weighted by atomic mass is 79.9. The Kier molecular flexibility index (Phi) is 4.92. The number of alkyl halides is 2. The quantitative estimate of drug-likeness (QED) is 0.680. The number of aromatic nitrogens is 1. The summed E-state index contributed by atoms with van der Waals surface area (Å²) in [6.45, 7) is 0. The van der Waals surface area contributed by atoms with Crippen LogP contribution in [-0.4, -0.2) is 15.6 Å². The second-order valence-electron chi connectivity index (χ2n) is 4.20. The van der Waals surface area contributed by atoms with Gasteiger partial charge < -0.3 is 0 Å². The Morgan fingerprint density at radius 2 is 1.83 bits per heavy atom. The molecule has 2 aromatic rings. The molecule has 18 heavy (non-hydrogen) atoms. The summed E-state index contributed by atoms with van der Waals surface area (Å²) in [5.74, 6) is -0.199. The van der Waals surface area contributed by atoms with Gasteiger partial charge in [0.15, 0.2) is 0 Å². The topological polar surface area (TPSA) is 12.9 Å². The van der Waals surface area contributed by atoms with Crippen molar-refractivity contribution in [1.29, 1.82) is 0 Å². The Hall–Kier alpha value is -0.260. The molecule has 0 fully saturated rings. The Morgan fingerprint density at radius 1 is 1.17 bits per heavy atom. The third-order valence-electron chi connectivity index (χ3n) is 2.96. The fraction of sp³-hybridized carbons (Fsp3) is 0.308. The molecule has 0 bridgehead atoms. The van der Waals surface area contributed by atoms with Gasteiger partial charge in [0, 0.05) is 27.1 Å². The van der Waals surface area contributed by atoms with Crippen LogP contribution in [0.4, 0.5) is 4.39 Å². The van der Waals surface area contributed by atoms with Gasteiger partial charge in [-0.05, 0) is 24.1 Å². The van der Waals surface area contributed by atoms with Crippen molar-refractivity contribution in [3.8, 4) is 0 Å². The number of thiazole rings is 1. The fourth-order valence-electron chi connectivity index (χ4n) is 1.85. The van der Waals surface area contributed by atoms with Crippen molar-refractivity contribution >= 4 is 43.2 Å². The summed E-state index contributed by atoms with van der Waals surface area (Å²) in [5, 5.41) is 1.63. The van der Waals surface area contributed by atoms with Gasteiger partial charge in [-0.3, -0.25) is 4.98 Å². The van der Waals surface area contributed by atoms with Gasteiger partial charge in [0.1, 0.15) is 5.82 Å². The highest BCUT2D eigenvalue weighted by Crippen LogP contribution is 2.33. The first-order valence-electron chi connectivity index (χ1n) is 5.45. The summed E-state index contributed by atoms with van der Waals surface area (Å²) in [6, 6.07) is 6.75. The zero-order valence-corrected chi connectivity index (χ0v) is 13.6. The lowest BCUT2D eigenvalue weighted by atomic mass is 9.81. The number of hydrogen-bond acceptors (Lipinski definition) is 2. The molecule has 0 saturated heterocycles. The Labute approximate surface area is 127 Å². The van der Waals surface area contributed by atoms with Gasteiger partial charge in [-0.15, -0.1) is 11.3 Å². The van der Waals surface area contributed by atoms with Crippen LogP contribution < -0.4 is 0 Å². The molecule has 0 atom stereocenters. The molecule has 5 heteroatoms. The van der Waals surface area contributed by atoms with Crippen molar-refractivity contribution < 1.29 is 4.39 Å². The average Bonchev–Trinajstić information content (AvgIpc) is 2.90. The summed E-state index contributed by atoms with van der Waals surface area (Å²) in [7, 11) is 0. The van der Waals surface area contributed by atoms with E-state index in [-0.39, 0.29) is 11.2 Å². The van der Waals surface area contributed by atoms with Gasteiger partial charge in [0.05, 0.1) is 5.51 Å². The third-order valence-corrected chi connectivity index (χ3v) is 5.89. The molecule has 0 saturated carbocycles. The van der Waals surface area contributed by atoms with Crippen molar-refractivity contribution in [2.24, 2.45) is 0 Å². The SMILES string of the molecule is Fc1ccc(C(CBr)(CBr)Cc2cncs2)cc1. The van der Waals surface area contributed by atoms with Crippen molar-refractivity contribution in [3.05, 3.63) is 52.2 Å². The highest BCUT2D eigenvalue weighted by Gasteiger charge is 2.31. The van der Waals surface area contributed by atoms with Gasteiger partial charge in [-0.2, -0.15) is 0 Å². The monoisotopic (exact) mass is 391 g/mol. The van der Waals surface area contributed by atoms with Crippen LogP contribution in [0.25, 0.3) is 0 Å². The smallest absolute Gasteiger partial charge is 0.123 e. The lowest BCUT2D eigenvalue weighted by Crippen LogP contribution is -2.32. The molecule has 0 N–H and O–H groups in total. The minimum atomic E-state index is -0.199. The van der Waals surface area contributed by atoms with Gasteiger partial charge >= 0.3 is 0 Å². The molecule has 0 aliphatic carbocycles. The maximum atomic E-state index is 13.0. The number of rotatable bonds is 5. The maximum Gasteiger partial charge on any atom is 0.123 e. The largest absolute Gasteiger partial charge is 0.253 e. The number of benzene rings is 1. The lowest BCUT2D eigenvalue weighted by molar-refractivity contribution is 0.552. The van der Waals surface area contributed by atoms with E-state index in [1.807, 2.05) is 23.8 Å². The summed E-state index contributed by atoms with van der Waals surface area (Å²) in [4.78, 5) is 5.35.